The average molecular weight is 307 g/mol. The van der Waals surface area contributed by atoms with E-state index >= 15 is 0 Å². The van der Waals surface area contributed by atoms with Crippen molar-refractivity contribution in [3.63, 3.8) is 0 Å². The standard InChI is InChI=1S/C18H17N3O2/c1-11(13-6-4-3-5-7-13)20-17(22)15-10-14-12(2)19-9-8-16(14)21-18(15)23/h3-11H,1-2H3,(H,20,22)(H,21,23). The maximum Gasteiger partial charge on any atom is 0.261 e. The Kier molecular flexibility index (Phi) is 3.93. The molecular formula is C18H17N3O2. The van der Waals surface area contributed by atoms with E-state index in [1.165, 1.54) is 0 Å². The third kappa shape index (κ3) is 2.99. The number of aryl methyl sites for hydroxylation is 1. The summed E-state index contributed by atoms with van der Waals surface area (Å²) in [6.07, 6.45) is 1.63. The van der Waals surface area contributed by atoms with Crippen molar-refractivity contribution in [1.29, 1.82) is 0 Å². The number of aromatic nitrogens is 2. The Bertz CT molecular complexity index is 916. The second-order valence-corrected chi connectivity index (χ2v) is 5.48. The zero-order valence-electron chi connectivity index (χ0n) is 13.0. The molecule has 2 N–H and O–H groups in total. The second-order valence-electron chi connectivity index (χ2n) is 5.48. The molecule has 0 saturated carbocycles. The van der Waals surface area contributed by atoms with Crippen LogP contribution in [-0.2, 0) is 0 Å². The third-order valence-corrected chi connectivity index (χ3v) is 3.86. The lowest BCUT2D eigenvalue weighted by molar-refractivity contribution is 0.0938. The van der Waals surface area contributed by atoms with Crippen molar-refractivity contribution in [3.05, 3.63) is 75.8 Å². The van der Waals surface area contributed by atoms with Crippen molar-refractivity contribution < 1.29 is 4.79 Å². The highest BCUT2D eigenvalue weighted by Gasteiger charge is 2.16. The van der Waals surface area contributed by atoms with Gasteiger partial charge >= 0.3 is 0 Å². The monoisotopic (exact) mass is 307 g/mol. The average Bonchev–Trinajstić information content (AvgIpc) is 2.55. The van der Waals surface area contributed by atoms with Crippen LogP contribution >= 0.6 is 0 Å². The molecular weight excluding hydrogens is 290 g/mol. The second kappa shape index (κ2) is 6.04. The number of carbonyl (C=O) groups is 1. The van der Waals surface area contributed by atoms with Gasteiger partial charge in [-0.2, -0.15) is 0 Å². The number of hydrogen-bond acceptors (Lipinski definition) is 3. The van der Waals surface area contributed by atoms with Crippen molar-refractivity contribution >= 4 is 16.8 Å². The van der Waals surface area contributed by atoms with Gasteiger partial charge in [0.25, 0.3) is 11.5 Å². The zero-order chi connectivity index (χ0) is 16.4. The molecule has 5 nitrogen and oxygen atoms in total. The minimum absolute atomic E-state index is 0.0939. The highest BCUT2D eigenvalue weighted by Crippen LogP contribution is 2.15. The number of fused-ring (bicyclic) bond motifs is 1. The predicted molar refractivity (Wildman–Crippen MR) is 89.4 cm³/mol. The Morgan fingerprint density at radius 1 is 1.22 bits per heavy atom. The number of nitrogens with one attached hydrogen (secondary N) is 2. The van der Waals surface area contributed by atoms with Gasteiger partial charge in [-0.3, -0.25) is 14.6 Å². The maximum absolute atomic E-state index is 12.5. The number of carbonyl (C=O) groups excluding carboxylic acids is 1. The van der Waals surface area contributed by atoms with E-state index in [2.05, 4.69) is 15.3 Å². The van der Waals surface area contributed by atoms with Crippen molar-refractivity contribution in [3.8, 4) is 0 Å². The Morgan fingerprint density at radius 2 is 1.96 bits per heavy atom. The summed E-state index contributed by atoms with van der Waals surface area (Å²) in [6.45, 7) is 3.73. The molecule has 23 heavy (non-hydrogen) atoms. The lowest BCUT2D eigenvalue weighted by Crippen LogP contribution is -2.31. The molecule has 0 fully saturated rings. The van der Waals surface area contributed by atoms with Crippen LogP contribution in [0.25, 0.3) is 10.9 Å². The van der Waals surface area contributed by atoms with Crippen LogP contribution in [0.1, 0.15) is 34.6 Å². The summed E-state index contributed by atoms with van der Waals surface area (Å²) < 4.78 is 0. The van der Waals surface area contributed by atoms with Gasteiger partial charge in [0.05, 0.1) is 11.6 Å². The topological polar surface area (TPSA) is 74.8 Å². The third-order valence-electron chi connectivity index (χ3n) is 3.86. The summed E-state index contributed by atoms with van der Waals surface area (Å²) in [6, 6.07) is 12.7. The fraction of sp³-hybridized carbons (Fsp3) is 0.167. The number of H-pyrrole nitrogens is 1. The molecule has 0 saturated heterocycles. The van der Waals surface area contributed by atoms with Crippen LogP contribution < -0.4 is 10.9 Å². The summed E-state index contributed by atoms with van der Waals surface area (Å²) >= 11 is 0. The largest absolute Gasteiger partial charge is 0.345 e. The first kappa shape index (κ1) is 15.0. The molecule has 5 heteroatoms. The minimum atomic E-state index is -0.402. The maximum atomic E-state index is 12.5. The van der Waals surface area contributed by atoms with E-state index in [0.29, 0.717) is 5.52 Å². The molecule has 116 valence electrons. The van der Waals surface area contributed by atoms with Gasteiger partial charge in [-0.05, 0) is 31.5 Å². The van der Waals surface area contributed by atoms with Crippen LogP contribution in [0.4, 0.5) is 0 Å². The number of nitrogens with zero attached hydrogens (tertiary/aromatic N) is 1. The van der Waals surface area contributed by atoms with Crippen molar-refractivity contribution in [2.75, 3.05) is 0 Å². The molecule has 1 unspecified atom stereocenters. The molecule has 3 aromatic rings. The molecule has 0 aliphatic carbocycles. The van der Waals surface area contributed by atoms with Gasteiger partial charge in [0.15, 0.2) is 0 Å². The quantitative estimate of drug-likeness (QED) is 0.781. The van der Waals surface area contributed by atoms with E-state index in [4.69, 9.17) is 0 Å². The number of rotatable bonds is 3. The van der Waals surface area contributed by atoms with Crippen LogP contribution in [-0.4, -0.2) is 15.9 Å². The van der Waals surface area contributed by atoms with Crippen LogP contribution in [0.5, 0.6) is 0 Å². The Morgan fingerprint density at radius 3 is 2.70 bits per heavy atom. The molecule has 0 spiro atoms. The van der Waals surface area contributed by atoms with Crippen LogP contribution in [0.3, 0.4) is 0 Å². The summed E-state index contributed by atoms with van der Waals surface area (Å²) in [4.78, 5) is 31.5. The van der Waals surface area contributed by atoms with Gasteiger partial charge < -0.3 is 10.3 Å². The van der Waals surface area contributed by atoms with Gasteiger partial charge in [-0.15, -0.1) is 0 Å². The molecule has 0 aliphatic rings. The Labute approximate surface area is 133 Å². The minimum Gasteiger partial charge on any atom is -0.345 e. The van der Waals surface area contributed by atoms with E-state index in [9.17, 15) is 9.59 Å². The Hall–Kier alpha value is -2.95. The van der Waals surface area contributed by atoms with Crippen LogP contribution in [0, 0.1) is 6.92 Å². The SMILES string of the molecule is Cc1nccc2[nH]c(=O)c(C(=O)NC(C)c3ccccc3)cc12. The summed E-state index contributed by atoms with van der Waals surface area (Å²) in [5, 5.41) is 3.63. The number of pyridine rings is 2. The molecule has 1 aromatic carbocycles. The molecule has 2 heterocycles. The molecule has 3 rings (SSSR count). The normalized spacial score (nSPS) is 12.1. The number of aromatic amines is 1. The van der Waals surface area contributed by atoms with Gasteiger partial charge in [0.1, 0.15) is 5.56 Å². The van der Waals surface area contributed by atoms with Crippen LogP contribution in [0.15, 0.2) is 53.5 Å². The molecule has 2 aromatic heterocycles. The van der Waals surface area contributed by atoms with E-state index in [1.807, 2.05) is 44.2 Å². The van der Waals surface area contributed by atoms with Gasteiger partial charge in [0, 0.05) is 17.3 Å². The van der Waals surface area contributed by atoms with Gasteiger partial charge in [0.2, 0.25) is 0 Å². The number of benzene rings is 1. The first-order valence-electron chi connectivity index (χ1n) is 7.40. The predicted octanol–water partition coefficient (Wildman–Crippen LogP) is 2.72. The van der Waals surface area contributed by atoms with E-state index in [-0.39, 0.29) is 11.6 Å². The lowest BCUT2D eigenvalue weighted by atomic mass is 10.1. The van der Waals surface area contributed by atoms with E-state index in [1.54, 1.807) is 18.3 Å². The summed E-state index contributed by atoms with van der Waals surface area (Å²) in [7, 11) is 0. The first-order chi connectivity index (χ1) is 11.1. The molecule has 1 amide bonds. The van der Waals surface area contributed by atoms with Gasteiger partial charge in [-0.25, -0.2) is 0 Å². The van der Waals surface area contributed by atoms with Crippen molar-refractivity contribution in [2.24, 2.45) is 0 Å². The van der Waals surface area contributed by atoms with Gasteiger partial charge in [-0.1, -0.05) is 30.3 Å². The van der Waals surface area contributed by atoms with Crippen LogP contribution in [0.2, 0.25) is 0 Å². The number of hydrogen-bond donors (Lipinski definition) is 2. The fourth-order valence-corrected chi connectivity index (χ4v) is 2.54. The molecule has 0 aliphatic heterocycles. The molecule has 1 atom stereocenters. The van der Waals surface area contributed by atoms with E-state index < -0.39 is 11.5 Å². The highest BCUT2D eigenvalue weighted by atomic mass is 16.2. The highest BCUT2D eigenvalue weighted by molar-refractivity contribution is 5.97. The lowest BCUT2D eigenvalue weighted by Gasteiger charge is -2.14. The summed E-state index contributed by atoms with van der Waals surface area (Å²) in [5.41, 5.74) is 2.12. The Balaban J connectivity index is 1.93. The number of amides is 1. The zero-order valence-corrected chi connectivity index (χ0v) is 13.0. The van der Waals surface area contributed by atoms with E-state index in [0.717, 1.165) is 16.6 Å². The van der Waals surface area contributed by atoms with Crippen molar-refractivity contribution in [2.45, 2.75) is 19.9 Å². The molecule has 0 radical (unpaired) electrons. The first-order valence-corrected chi connectivity index (χ1v) is 7.40. The smallest absolute Gasteiger partial charge is 0.261 e. The summed E-state index contributed by atoms with van der Waals surface area (Å²) in [5.74, 6) is -0.396. The van der Waals surface area contributed by atoms with Crippen molar-refractivity contribution in [1.82, 2.24) is 15.3 Å². The fourth-order valence-electron chi connectivity index (χ4n) is 2.54. The molecule has 0 bridgehead atoms.